The summed E-state index contributed by atoms with van der Waals surface area (Å²) in [5, 5.41) is 1.87. The van der Waals surface area contributed by atoms with E-state index in [-0.39, 0.29) is 0 Å². The summed E-state index contributed by atoms with van der Waals surface area (Å²) in [6.07, 6.45) is 5.49. The maximum absolute atomic E-state index is 4.54. The quantitative estimate of drug-likeness (QED) is 0.487. The van der Waals surface area contributed by atoms with Gasteiger partial charge in [-0.1, -0.05) is 49.9 Å². The van der Waals surface area contributed by atoms with Crippen LogP contribution >= 0.6 is 23.1 Å². The van der Waals surface area contributed by atoms with Crippen LogP contribution in [0.15, 0.2) is 54.1 Å². The average molecular weight is 327 g/mol. The zero-order chi connectivity index (χ0) is 15.4. The summed E-state index contributed by atoms with van der Waals surface area (Å²) in [4.78, 5) is 14.2. The Bertz CT molecular complexity index is 721. The number of thioether (sulfide) groups is 1. The summed E-state index contributed by atoms with van der Waals surface area (Å²) in [7, 11) is 0. The Morgan fingerprint density at radius 2 is 1.77 bits per heavy atom. The van der Waals surface area contributed by atoms with Gasteiger partial charge in [0.15, 0.2) is 5.16 Å². The van der Waals surface area contributed by atoms with Crippen molar-refractivity contribution in [3.63, 3.8) is 0 Å². The van der Waals surface area contributed by atoms with Gasteiger partial charge in [-0.25, -0.2) is 15.0 Å². The number of hydrogen-bond acceptors (Lipinski definition) is 5. The zero-order valence-electron chi connectivity index (χ0n) is 12.6. The van der Waals surface area contributed by atoms with Crippen LogP contribution in [0.3, 0.4) is 0 Å². The van der Waals surface area contributed by atoms with Crippen LogP contribution in [0.4, 0.5) is 0 Å². The van der Waals surface area contributed by atoms with Crippen LogP contribution < -0.4 is 0 Å². The highest BCUT2D eigenvalue weighted by Crippen LogP contribution is 2.29. The minimum absolute atomic E-state index is 0.558. The Kier molecular flexibility index (Phi) is 4.85. The van der Waals surface area contributed by atoms with Crippen LogP contribution in [-0.4, -0.2) is 15.0 Å². The largest absolute Gasteiger partial charge is 0.244 e. The first kappa shape index (κ1) is 15.2. The molecule has 2 aromatic heterocycles. The van der Waals surface area contributed by atoms with Crippen LogP contribution in [-0.2, 0) is 5.75 Å². The van der Waals surface area contributed by atoms with Crippen molar-refractivity contribution < 1.29 is 0 Å². The molecule has 0 aliphatic heterocycles. The van der Waals surface area contributed by atoms with Gasteiger partial charge >= 0.3 is 0 Å². The third kappa shape index (κ3) is 3.72. The summed E-state index contributed by atoms with van der Waals surface area (Å²) in [5.74, 6) is 1.41. The van der Waals surface area contributed by atoms with Gasteiger partial charge in [0.25, 0.3) is 0 Å². The molecule has 0 saturated carbocycles. The lowest BCUT2D eigenvalue weighted by Gasteiger charge is -2.05. The highest BCUT2D eigenvalue weighted by atomic mass is 32.2. The minimum Gasteiger partial charge on any atom is -0.244 e. The third-order valence-corrected chi connectivity index (χ3v) is 5.42. The summed E-state index contributed by atoms with van der Waals surface area (Å²) >= 11 is 3.37. The lowest BCUT2D eigenvalue weighted by atomic mass is 10.0. The molecule has 0 atom stereocenters. The molecule has 0 aliphatic carbocycles. The van der Waals surface area contributed by atoms with Crippen LogP contribution in [0.1, 0.15) is 30.2 Å². The number of benzene rings is 1. The highest BCUT2D eigenvalue weighted by molar-refractivity contribution is 7.98. The minimum atomic E-state index is 0.558. The van der Waals surface area contributed by atoms with Gasteiger partial charge in [0.05, 0.1) is 0 Å². The smallest absolute Gasteiger partial charge is 0.187 e. The van der Waals surface area contributed by atoms with Gasteiger partial charge in [0.2, 0.25) is 0 Å². The topological polar surface area (TPSA) is 38.7 Å². The second-order valence-electron chi connectivity index (χ2n) is 5.23. The Labute approximate surface area is 138 Å². The van der Waals surface area contributed by atoms with Crippen LogP contribution in [0.25, 0.3) is 10.6 Å². The Balaban J connectivity index is 1.68. The predicted molar refractivity (Wildman–Crippen MR) is 93.2 cm³/mol. The fourth-order valence-electron chi connectivity index (χ4n) is 2.01. The first-order valence-corrected chi connectivity index (χ1v) is 8.97. The molecule has 3 aromatic rings. The lowest BCUT2D eigenvalue weighted by Crippen LogP contribution is -1.86. The monoisotopic (exact) mass is 327 g/mol. The predicted octanol–water partition coefficient (Wildman–Crippen LogP) is 5.02. The SMILES string of the molecule is CC(C)c1ccc(-c2ncc(CSc3ncccn3)s2)cc1. The van der Waals surface area contributed by atoms with E-state index in [9.17, 15) is 0 Å². The second-order valence-corrected chi connectivity index (χ2v) is 7.29. The molecule has 3 nitrogen and oxygen atoms in total. The van der Waals surface area contributed by atoms with E-state index >= 15 is 0 Å². The molecule has 0 spiro atoms. The van der Waals surface area contributed by atoms with Gasteiger partial charge in [0, 0.05) is 34.8 Å². The first-order valence-electron chi connectivity index (χ1n) is 7.17. The van der Waals surface area contributed by atoms with Crippen molar-refractivity contribution in [2.75, 3.05) is 0 Å². The van der Waals surface area contributed by atoms with E-state index in [2.05, 4.69) is 53.1 Å². The third-order valence-electron chi connectivity index (χ3n) is 3.26. The number of aromatic nitrogens is 3. The molecule has 0 amide bonds. The molecule has 0 N–H and O–H groups in total. The van der Waals surface area contributed by atoms with E-state index in [1.54, 1.807) is 35.5 Å². The lowest BCUT2D eigenvalue weighted by molar-refractivity contribution is 0.867. The van der Waals surface area contributed by atoms with Crippen LogP contribution in [0, 0.1) is 0 Å². The van der Waals surface area contributed by atoms with Crippen molar-refractivity contribution in [1.29, 1.82) is 0 Å². The molecule has 0 fully saturated rings. The van der Waals surface area contributed by atoms with Gasteiger partial charge in [-0.2, -0.15) is 0 Å². The normalized spacial score (nSPS) is 11.0. The van der Waals surface area contributed by atoms with Crippen LogP contribution in [0.5, 0.6) is 0 Å². The number of hydrogen-bond donors (Lipinski definition) is 0. The first-order chi connectivity index (χ1) is 10.7. The number of thiazole rings is 1. The molecule has 0 unspecified atom stereocenters. The zero-order valence-corrected chi connectivity index (χ0v) is 14.2. The molecule has 0 bridgehead atoms. The molecule has 0 saturated heterocycles. The number of nitrogens with zero attached hydrogens (tertiary/aromatic N) is 3. The summed E-state index contributed by atoms with van der Waals surface area (Å²) in [5.41, 5.74) is 2.54. The maximum Gasteiger partial charge on any atom is 0.187 e. The van der Waals surface area contributed by atoms with Crippen molar-refractivity contribution in [2.24, 2.45) is 0 Å². The molecule has 0 aliphatic rings. The van der Waals surface area contributed by atoms with E-state index in [0.717, 1.165) is 15.9 Å². The van der Waals surface area contributed by atoms with E-state index in [4.69, 9.17) is 0 Å². The number of rotatable bonds is 5. The fraction of sp³-hybridized carbons (Fsp3) is 0.235. The van der Waals surface area contributed by atoms with Gasteiger partial charge in [-0.15, -0.1) is 11.3 Å². The Morgan fingerprint density at radius 3 is 2.45 bits per heavy atom. The van der Waals surface area contributed by atoms with E-state index in [1.165, 1.54) is 16.0 Å². The molecular formula is C17H17N3S2. The van der Waals surface area contributed by atoms with E-state index in [0.29, 0.717) is 5.92 Å². The van der Waals surface area contributed by atoms with Crippen molar-refractivity contribution in [1.82, 2.24) is 15.0 Å². The van der Waals surface area contributed by atoms with Gasteiger partial charge in [0.1, 0.15) is 5.01 Å². The van der Waals surface area contributed by atoms with Crippen molar-refractivity contribution in [2.45, 2.75) is 30.7 Å². The molecule has 3 rings (SSSR count). The highest BCUT2D eigenvalue weighted by Gasteiger charge is 2.07. The van der Waals surface area contributed by atoms with Gasteiger partial charge in [-0.05, 0) is 17.5 Å². The van der Waals surface area contributed by atoms with Crippen molar-refractivity contribution >= 4 is 23.1 Å². The average Bonchev–Trinajstić information content (AvgIpc) is 3.03. The molecule has 22 heavy (non-hydrogen) atoms. The molecular weight excluding hydrogens is 310 g/mol. The molecule has 0 radical (unpaired) electrons. The van der Waals surface area contributed by atoms with Crippen LogP contribution in [0.2, 0.25) is 0 Å². The van der Waals surface area contributed by atoms with E-state index in [1.807, 2.05) is 12.3 Å². The standard InChI is InChI=1S/C17H17N3S2/c1-12(2)13-4-6-14(7-5-13)16-20-10-15(22-16)11-21-17-18-8-3-9-19-17/h3-10,12H,11H2,1-2H3. The Hall–Kier alpha value is -1.72. The summed E-state index contributed by atoms with van der Waals surface area (Å²) in [6, 6.07) is 10.5. The van der Waals surface area contributed by atoms with Gasteiger partial charge in [-0.3, -0.25) is 0 Å². The molecule has 5 heteroatoms. The maximum atomic E-state index is 4.54. The fourth-order valence-corrected chi connectivity index (χ4v) is 3.76. The van der Waals surface area contributed by atoms with Crippen molar-refractivity contribution in [3.8, 4) is 10.6 Å². The molecule has 2 heterocycles. The van der Waals surface area contributed by atoms with Gasteiger partial charge < -0.3 is 0 Å². The van der Waals surface area contributed by atoms with E-state index < -0.39 is 0 Å². The summed E-state index contributed by atoms with van der Waals surface area (Å²) in [6.45, 7) is 4.42. The summed E-state index contributed by atoms with van der Waals surface area (Å²) < 4.78 is 0. The molecule has 1 aromatic carbocycles. The van der Waals surface area contributed by atoms with Crippen molar-refractivity contribution in [3.05, 3.63) is 59.4 Å². The Morgan fingerprint density at radius 1 is 1.05 bits per heavy atom. The second kappa shape index (κ2) is 7.03. The molecule has 112 valence electrons.